The third-order valence-corrected chi connectivity index (χ3v) is 2.55. The van der Waals surface area contributed by atoms with Gasteiger partial charge in [0.05, 0.1) is 5.52 Å². The predicted molar refractivity (Wildman–Crippen MR) is 61.7 cm³/mol. The number of hydrogen-bond acceptors (Lipinski definition) is 3. The highest BCUT2D eigenvalue weighted by Crippen LogP contribution is 2.14. The van der Waals surface area contributed by atoms with Crippen LogP contribution in [-0.4, -0.2) is 18.3 Å². The Morgan fingerprint density at radius 1 is 1.44 bits per heavy atom. The highest BCUT2D eigenvalue weighted by Gasteiger charge is 2.08. The second-order valence-corrected chi connectivity index (χ2v) is 3.84. The van der Waals surface area contributed by atoms with Gasteiger partial charge in [0, 0.05) is 20.3 Å². The van der Waals surface area contributed by atoms with Crippen LogP contribution in [0.15, 0.2) is 27.4 Å². The normalized spacial score (nSPS) is 11.1. The number of nitrogens with zero attached hydrogens (tertiary/aromatic N) is 1. The van der Waals surface area contributed by atoms with Crippen LogP contribution in [0.5, 0.6) is 0 Å². The van der Waals surface area contributed by atoms with Gasteiger partial charge < -0.3 is 9.15 Å². The number of hydrogen-bond donors (Lipinski definition) is 0. The second kappa shape index (κ2) is 4.53. The third kappa shape index (κ3) is 2.02. The van der Waals surface area contributed by atoms with Crippen LogP contribution >= 0.6 is 0 Å². The highest BCUT2D eigenvalue weighted by atomic mass is 16.5. The van der Waals surface area contributed by atoms with Crippen molar-refractivity contribution in [3.05, 3.63) is 34.3 Å². The van der Waals surface area contributed by atoms with Gasteiger partial charge in [-0.25, -0.2) is 4.79 Å². The van der Waals surface area contributed by atoms with Crippen molar-refractivity contribution in [1.29, 1.82) is 0 Å². The summed E-state index contributed by atoms with van der Waals surface area (Å²) in [5.74, 6) is -0.295. The summed E-state index contributed by atoms with van der Waals surface area (Å²) in [6.07, 6.45) is 0.805. The zero-order valence-electron chi connectivity index (χ0n) is 9.53. The summed E-state index contributed by atoms with van der Waals surface area (Å²) in [6.45, 7) is 3.27. The average molecular weight is 221 g/mol. The molecule has 0 N–H and O–H groups in total. The Bertz CT molecular complexity index is 539. The maximum absolute atomic E-state index is 11.6. The molecular weight excluding hydrogens is 206 g/mol. The van der Waals surface area contributed by atoms with Crippen LogP contribution in [0.4, 0.5) is 0 Å². The molecule has 0 bridgehead atoms. The van der Waals surface area contributed by atoms with Crippen molar-refractivity contribution in [1.82, 2.24) is 4.57 Å². The van der Waals surface area contributed by atoms with E-state index in [4.69, 9.17) is 9.15 Å². The lowest BCUT2D eigenvalue weighted by Gasteiger charge is -2.01. The minimum atomic E-state index is -0.295. The number of methoxy groups -OCH3 is 1. The van der Waals surface area contributed by atoms with Crippen molar-refractivity contribution in [2.24, 2.45) is 0 Å². The van der Waals surface area contributed by atoms with E-state index in [-0.39, 0.29) is 5.76 Å². The van der Waals surface area contributed by atoms with Crippen LogP contribution < -0.4 is 5.76 Å². The first-order valence-corrected chi connectivity index (χ1v) is 5.31. The minimum Gasteiger partial charge on any atom is -0.408 e. The maximum atomic E-state index is 11.6. The van der Waals surface area contributed by atoms with Gasteiger partial charge in [-0.3, -0.25) is 4.57 Å². The van der Waals surface area contributed by atoms with Crippen LogP contribution in [0.1, 0.15) is 12.0 Å². The molecule has 4 nitrogen and oxygen atoms in total. The monoisotopic (exact) mass is 221 g/mol. The first-order chi connectivity index (χ1) is 7.72. The Morgan fingerprint density at radius 3 is 3.00 bits per heavy atom. The van der Waals surface area contributed by atoms with E-state index in [0.29, 0.717) is 18.7 Å². The summed E-state index contributed by atoms with van der Waals surface area (Å²) >= 11 is 0. The molecule has 0 aliphatic carbocycles. The fourth-order valence-corrected chi connectivity index (χ4v) is 1.75. The molecule has 0 fully saturated rings. The smallest absolute Gasteiger partial charge is 0.408 e. The molecule has 86 valence electrons. The molecule has 2 aromatic rings. The van der Waals surface area contributed by atoms with E-state index in [0.717, 1.165) is 17.5 Å². The first kappa shape index (κ1) is 11.0. The summed E-state index contributed by atoms with van der Waals surface area (Å²) in [6, 6.07) is 5.73. The quantitative estimate of drug-likeness (QED) is 0.741. The molecule has 1 aromatic carbocycles. The van der Waals surface area contributed by atoms with Gasteiger partial charge in [0.1, 0.15) is 0 Å². The zero-order valence-corrected chi connectivity index (χ0v) is 9.53. The molecule has 0 unspecified atom stereocenters. The van der Waals surface area contributed by atoms with Gasteiger partial charge >= 0.3 is 5.76 Å². The summed E-state index contributed by atoms with van der Waals surface area (Å²) in [4.78, 5) is 11.6. The van der Waals surface area contributed by atoms with Crippen molar-refractivity contribution < 1.29 is 9.15 Å². The SMILES string of the molecule is COCCCn1c(=O)oc2ccc(C)cc21. The van der Waals surface area contributed by atoms with Gasteiger partial charge in [-0.1, -0.05) is 6.07 Å². The number of ether oxygens (including phenoxy) is 1. The van der Waals surface area contributed by atoms with E-state index in [1.54, 1.807) is 11.7 Å². The van der Waals surface area contributed by atoms with Crippen LogP contribution in [0.3, 0.4) is 0 Å². The molecule has 0 aliphatic heterocycles. The summed E-state index contributed by atoms with van der Waals surface area (Å²) < 4.78 is 11.8. The lowest BCUT2D eigenvalue weighted by Crippen LogP contribution is -2.15. The van der Waals surface area contributed by atoms with Crippen LogP contribution in [-0.2, 0) is 11.3 Å². The van der Waals surface area contributed by atoms with Crippen LogP contribution in [0, 0.1) is 6.92 Å². The third-order valence-electron chi connectivity index (χ3n) is 2.55. The van der Waals surface area contributed by atoms with E-state index >= 15 is 0 Å². The second-order valence-electron chi connectivity index (χ2n) is 3.84. The lowest BCUT2D eigenvalue weighted by atomic mass is 10.2. The predicted octanol–water partition coefficient (Wildman–Crippen LogP) is 1.94. The van der Waals surface area contributed by atoms with Crippen molar-refractivity contribution in [3.63, 3.8) is 0 Å². The van der Waals surface area contributed by atoms with Gasteiger partial charge in [-0.05, 0) is 31.0 Å². The van der Waals surface area contributed by atoms with Gasteiger partial charge in [0.2, 0.25) is 0 Å². The van der Waals surface area contributed by atoms with Crippen LogP contribution in [0.2, 0.25) is 0 Å². The molecule has 0 amide bonds. The lowest BCUT2D eigenvalue weighted by molar-refractivity contribution is 0.190. The van der Waals surface area contributed by atoms with Crippen LogP contribution in [0.25, 0.3) is 11.1 Å². The molecule has 4 heteroatoms. The van der Waals surface area contributed by atoms with Crippen molar-refractivity contribution in [2.45, 2.75) is 19.9 Å². The molecule has 0 aliphatic rings. The van der Waals surface area contributed by atoms with Gasteiger partial charge in [0.15, 0.2) is 5.58 Å². The molecule has 2 rings (SSSR count). The van der Waals surface area contributed by atoms with Crippen molar-refractivity contribution in [2.75, 3.05) is 13.7 Å². The number of aryl methyl sites for hydroxylation is 2. The molecular formula is C12H15NO3. The fraction of sp³-hybridized carbons (Fsp3) is 0.417. The highest BCUT2D eigenvalue weighted by molar-refractivity contribution is 5.73. The number of aromatic nitrogens is 1. The molecule has 0 atom stereocenters. The number of oxazole rings is 1. The van der Waals surface area contributed by atoms with E-state index in [1.807, 2.05) is 25.1 Å². The van der Waals surface area contributed by atoms with Gasteiger partial charge in [-0.2, -0.15) is 0 Å². The Kier molecular flexibility index (Phi) is 3.10. The van der Waals surface area contributed by atoms with Crippen molar-refractivity contribution in [3.8, 4) is 0 Å². The number of benzene rings is 1. The molecule has 16 heavy (non-hydrogen) atoms. The molecule has 0 spiro atoms. The first-order valence-electron chi connectivity index (χ1n) is 5.31. The Labute approximate surface area is 93.4 Å². The van der Waals surface area contributed by atoms with Crippen molar-refractivity contribution >= 4 is 11.1 Å². The molecule has 0 saturated carbocycles. The van der Waals surface area contributed by atoms with E-state index < -0.39 is 0 Å². The standard InChI is InChI=1S/C12H15NO3/c1-9-4-5-11-10(8-9)13(12(14)16-11)6-3-7-15-2/h4-5,8H,3,6-7H2,1-2H3. The number of fused-ring (bicyclic) bond motifs is 1. The Morgan fingerprint density at radius 2 is 2.25 bits per heavy atom. The molecule has 1 aromatic heterocycles. The number of rotatable bonds is 4. The summed E-state index contributed by atoms with van der Waals surface area (Å²) in [5, 5.41) is 0. The average Bonchev–Trinajstić information content (AvgIpc) is 2.56. The van der Waals surface area contributed by atoms with E-state index in [1.165, 1.54) is 0 Å². The van der Waals surface area contributed by atoms with E-state index in [2.05, 4.69) is 0 Å². The maximum Gasteiger partial charge on any atom is 0.419 e. The molecule has 0 radical (unpaired) electrons. The zero-order chi connectivity index (χ0) is 11.5. The summed E-state index contributed by atoms with van der Waals surface area (Å²) in [5.41, 5.74) is 2.63. The minimum absolute atomic E-state index is 0.295. The molecule has 0 saturated heterocycles. The van der Waals surface area contributed by atoms with E-state index in [9.17, 15) is 4.79 Å². The largest absolute Gasteiger partial charge is 0.419 e. The van der Waals surface area contributed by atoms with Gasteiger partial charge in [-0.15, -0.1) is 0 Å². The summed E-state index contributed by atoms with van der Waals surface area (Å²) in [7, 11) is 1.65. The topological polar surface area (TPSA) is 44.4 Å². The Hall–Kier alpha value is -1.55. The fourth-order valence-electron chi connectivity index (χ4n) is 1.75. The Balaban J connectivity index is 2.38. The molecule has 1 heterocycles. The van der Waals surface area contributed by atoms with Gasteiger partial charge in [0.25, 0.3) is 0 Å².